The summed E-state index contributed by atoms with van der Waals surface area (Å²) in [5.41, 5.74) is 9.69. The molecule has 0 saturated heterocycles. The van der Waals surface area contributed by atoms with Gasteiger partial charge in [0.1, 0.15) is 0 Å². The van der Waals surface area contributed by atoms with E-state index >= 15 is 0 Å². The van der Waals surface area contributed by atoms with Crippen LogP contribution in [-0.2, 0) is 0 Å². The normalized spacial score (nSPS) is 12.5. The summed E-state index contributed by atoms with van der Waals surface area (Å²) in [6, 6.07) is 41.7. The fourth-order valence-electron chi connectivity index (χ4n) is 5.96. The molecule has 0 amide bonds. The lowest BCUT2D eigenvalue weighted by Gasteiger charge is -2.12. The van der Waals surface area contributed by atoms with Gasteiger partial charge in [-0.1, -0.05) is 91.0 Å². The second-order valence-electron chi connectivity index (χ2n) is 9.69. The number of aromatic nitrogens is 2. The molecule has 7 rings (SSSR count). The van der Waals surface area contributed by atoms with Crippen LogP contribution >= 0.6 is 0 Å². The zero-order chi connectivity index (χ0) is 25.6. The average Bonchev–Trinajstić information content (AvgIpc) is 3.49. The van der Waals surface area contributed by atoms with Crippen LogP contribution in [0.1, 0.15) is 19.4 Å². The third-order valence-corrected chi connectivity index (χ3v) is 7.58. The van der Waals surface area contributed by atoms with Crippen LogP contribution in [0.4, 0.5) is 0 Å². The Hall–Kier alpha value is -4.82. The average molecular weight is 489 g/mol. The summed E-state index contributed by atoms with van der Waals surface area (Å²) in [6.07, 6.45) is 6.47. The van der Waals surface area contributed by atoms with Gasteiger partial charge in [-0.15, -0.1) is 0 Å². The van der Waals surface area contributed by atoms with Gasteiger partial charge in [0.05, 0.1) is 22.1 Å². The molecule has 0 radical (unpaired) electrons. The van der Waals surface area contributed by atoms with E-state index in [0.29, 0.717) is 0 Å². The van der Waals surface area contributed by atoms with Crippen molar-refractivity contribution in [2.75, 3.05) is 0 Å². The molecule has 0 atom stereocenters. The van der Waals surface area contributed by atoms with Crippen LogP contribution in [-0.4, -0.2) is 9.13 Å². The Balaban J connectivity index is 1.72. The van der Waals surface area contributed by atoms with Gasteiger partial charge in [0, 0.05) is 32.9 Å². The van der Waals surface area contributed by atoms with Gasteiger partial charge in [-0.2, -0.15) is 0 Å². The zero-order valence-electron chi connectivity index (χ0n) is 21.6. The molecule has 0 bridgehead atoms. The van der Waals surface area contributed by atoms with Crippen molar-refractivity contribution < 1.29 is 0 Å². The van der Waals surface area contributed by atoms with E-state index in [4.69, 9.17) is 0 Å². The maximum absolute atomic E-state index is 2.44. The van der Waals surface area contributed by atoms with E-state index in [0.717, 1.165) is 5.69 Å². The maximum atomic E-state index is 2.44. The minimum atomic E-state index is 1.16. The Bertz CT molecular complexity index is 2020. The highest BCUT2D eigenvalue weighted by Gasteiger charge is 2.21. The van der Waals surface area contributed by atoms with Crippen LogP contribution in [0.5, 0.6) is 0 Å². The van der Waals surface area contributed by atoms with Crippen molar-refractivity contribution in [2.45, 2.75) is 13.8 Å². The molecule has 2 nitrogen and oxygen atoms in total. The number of nitrogens with zero attached hydrogens (tertiary/aromatic N) is 2. The Morgan fingerprint density at radius 2 is 1.08 bits per heavy atom. The van der Waals surface area contributed by atoms with E-state index < -0.39 is 0 Å². The summed E-state index contributed by atoms with van der Waals surface area (Å²) in [6.45, 7) is 4.18. The molecule has 5 aromatic carbocycles. The molecule has 2 heterocycles. The topological polar surface area (TPSA) is 9.86 Å². The van der Waals surface area contributed by atoms with Gasteiger partial charge in [-0.25, -0.2) is 0 Å². The first-order valence-electron chi connectivity index (χ1n) is 13.2. The molecule has 0 aliphatic heterocycles. The lowest BCUT2D eigenvalue weighted by Crippen LogP contribution is -1.98. The van der Waals surface area contributed by atoms with E-state index in [1.165, 1.54) is 60.4 Å². The van der Waals surface area contributed by atoms with Crippen molar-refractivity contribution in [1.29, 1.82) is 0 Å². The summed E-state index contributed by atoms with van der Waals surface area (Å²) < 4.78 is 4.88. The molecule has 0 aliphatic carbocycles. The second kappa shape index (κ2) is 8.93. The molecule has 0 N–H and O–H groups in total. The van der Waals surface area contributed by atoms with Crippen molar-refractivity contribution in [1.82, 2.24) is 9.13 Å². The molecule has 0 aliphatic rings. The molecule has 0 saturated carbocycles. The lowest BCUT2D eigenvalue weighted by molar-refractivity contribution is 1.15. The smallest absolute Gasteiger partial charge is 0.0788 e. The van der Waals surface area contributed by atoms with Crippen molar-refractivity contribution in [3.05, 3.63) is 139 Å². The lowest BCUT2D eigenvalue weighted by atomic mass is 10.0. The number of benzene rings is 5. The quantitative estimate of drug-likeness (QED) is 0.218. The first-order chi connectivity index (χ1) is 18.8. The van der Waals surface area contributed by atoms with Gasteiger partial charge < -0.3 is 9.13 Å². The molecule has 0 fully saturated rings. The summed E-state index contributed by atoms with van der Waals surface area (Å²) in [4.78, 5) is 0. The number of hydrogen-bond acceptors (Lipinski definition) is 0. The van der Waals surface area contributed by atoms with Gasteiger partial charge in [0.15, 0.2) is 0 Å². The number of allylic oxidation sites excluding steroid dienone is 4. The number of hydrogen-bond donors (Lipinski definition) is 0. The Morgan fingerprint density at radius 3 is 1.68 bits per heavy atom. The van der Waals surface area contributed by atoms with Crippen LogP contribution in [0, 0.1) is 0 Å². The standard InChI is InChI=1S/C36H28N2/c1-3-13-25(4-2)26-20-23-34-32(24-26)31-22-21-30-29-18-11-12-19-33(29)37(27-14-7-5-8-15-27)35(30)36(31)38(34)28-16-9-6-10-17-28/h3-24H,1-2H3. The highest BCUT2D eigenvalue weighted by molar-refractivity contribution is 6.24. The van der Waals surface area contributed by atoms with Gasteiger partial charge in [0.25, 0.3) is 0 Å². The minimum absolute atomic E-state index is 1.16. The molecule has 182 valence electrons. The Morgan fingerprint density at radius 1 is 0.526 bits per heavy atom. The third-order valence-electron chi connectivity index (χ3n) is 7.58. The predicted molar refractivity (Wildman–Crippen MR) is 164 cm³/mol. The van der Waals surface area contributed by atoms with Crippen LogP contribution in [0.25, 0.3) is 60.6 Å². The largest absolute Gasteiger partial charge is 0.307 e. The van der Waals surface area contributed by atoms with Crippen molar-refractivity contribution >= 4 is 49.2 Å². The SMILES string of the molecule is CC=CC(=CC)c1ccc2c(c1)c1ccc3c4ccccc4n(-c4ccccc4)c3c1n2-c1ccccc1. The second-order valence-corrected chi connectivity index (χ2v) is 9.69. The van der Waals surface area contributed by atoms with Crippen LogP contribution < -0.4 is 0 Å². The Labute approximate surface area is 222 Å². The van der Waals surface area contributed by atoms with Crippen LogP contribution in [0.15, 0.2) is 133 Å². The molecule has 0 spiro atoms. The molecule has 38 heavy (non-hydrogen) atoms. The molecule has 0 unspecified atom stereocenters. The van der Waals surface area contributed by atoms with Gasteiger partial charge in [0.2, 0.25) is 0 Å². The molecule has 2 heteroatoms. The monoisotopic (exact) mass is 488 g/mol. The van der Waals surface area contributed by atoms with Gasteiger partial charge >= 0.3 is 0 Å². The Kier molecular flexibility index (Phi) is 5.26. The molecular weight excluding hydrogens is 460 g/mol. The van der Waals surface area contributed by atoms with Crippen LogP contribution in [0.3, 0.4) is 0 Å². The van der Waals surface area contributed by atoms with Crippen molar-refractivity contribution in [2.24, 2.45) is 0 Å². The summed E-state index contributed by atoms with van der Waals surface area (Å²) in [5.74, 6) is 0. The van der Waals surface area contributed by atoms with Crippen molar-refractivity contribution in [3.63, 3.8) is 0 Å². The first-order valence-corrected chi connectivity index (χ1v) is 13.2. The highest BCUT2D eigenvalue weighted by atomic mass is 15.0. The third kappa shape index (κ3) is 3.27. The fourth-order valence-corrected chi connectivity index (χ4v) is 5.96. The first kappa shape index (κ1) is 22.4. The van der Waals surface area contributed by atoms with Crippen molar-refractivity contribution in [3.8, 4) is 11.4 Å². The summed E-state index contributed by atoms with van der Waals surface area (Å²) >= 11 is 0. The molecule has 2 aromatic heterocycles. The van der Waals surface area contributed by atoms with E-state index in [1.807, 2.05) is 0 Å². The maximum Gasteiger partial charge on any atom is 0.0788 e. The van der Waals surface area contributed by atoms with E-state index in [1.54, 1.807) is 0 Å². The van der Waals surface area contributed by atoms with E-state index in [2.05, 4.69) is 156 Å². The van der Waals surface area contributed by atoms with Gasteiger partial charge in [-0.3, -0.25) is 0 Å². The molecule has 7 aromatic rings. The molecular formula is C36H28N2. The predicted octanol–water partition coefficient (Wildman–Crippen LogP) is 9.86. The number of fused-ring (bicyclic) bond motifs is 7. The zero-order valence-corrected chi connectivity index (χ0v) is 21.6. The highest BCUT2D eigenvalue weighted by Crippen LogP contribution is 2.42. The number of rotatable bonds is 4. The van der Waals surface area contributed by atoms with Gasteiger partial charge in [-0.05, 0) is 67.4 Å². The van der Waals surface area contributed by atoms with Crippen LogP contribution in [0.2, 0.25) is 0 Å². The summed E-state index contributed by atoms with van der Waals surface area (Å²) in [5, 5.41) is 5.05. The number of para-hydroxylation sites is 3. The van der Waals surface area contributed by atoms with E-state index in [-0.39, 0.29) is 0 Å². The minimum Gasteiger partial charge on any atom is -0.307 e. The summed E-state index contributed by atoms with van der Waals surface area (Å²) in [7, 11) is 0. The fraction of sp³-hybridized carbons (Fsp3) is 0.0556. The van der Waals surface area contributed by atoms with E-state index in [9.17, 15) is 0 Å².